The van der Waals surface area contributed by atoms with E-state index in [2.05, 4.69) is 31.1 Å². The summed E-state index contributed by atoms with van der Waals surface area (Å²) in [6.07, 6.45) is 5.36. The van der Waals surface area contributed by atoms with Gasteiger partial charge in [-0.05, 0) is 76.5 Å². The number of anilines is 1. The van der Waals surface area contributed by atoms with Crippen LogP contribution in [0.3, 0.4) is 0 Å². The number of nitrogens with zero attached hydrogens (tertiary/aromatic N) is 4. The van der Waals surface area contributed by atoms with Crippen LogP contribution >= 0.6 is 15.9 Å². The molecule has 1 saturated heterocycles. The van der Waals surface area contributed by atoms with Crippen molar-refractivity contribution in [1.29, 1.82) is 0 Å². The third kappa shape index (κ3) is 6.28. The van der Waals surface area contributed by atoms with E-state index < -0.39 is 22.1 Å². The molecule has 0 spiro atoms. The number of aromatic nitrogens is 3. The van der Waals surface area contributed by atoms with Crippen molar-refractivity contribution >= 4 is 37.4 Å². The summed E-state index contributed by atoms with van der Waals surface area (Å²) in [5.41, 5.74) is 9.23. The lowest BCUT2D eigenvalue weighted by atomic mass is 9.94. The molecule has 2 aliphatic rings. The number of nitrogens with two attached hydrogens (primary N) is 1. The summed E-state index contributed by atoms with van der Waals surface area (Å²) in [5, 5.41) is 7.76. The van der Waals surface area contributed by atoms with Crippen molar-refractivity contribution < 1.29 is 26.3 Å². The molecule has 0 unspecified atom stereocenters. The van der Waals surface area contributed by atoms with Gasteiger partial charge in [0, 0.05) is 37.3 Å². The lowest BCUT2D eigenvalue weighted by Crippen LogP contribution is -2.38. The van der Waals surface area contributed by atoms with Gasteiger partial charge < -0.3 is 15.8 Å². The van der Waals surface area contributed by atoms with Crippen molar-refractivity contribution in [2.24, 2.45) is 5.73 Å². The Balaban J connectivity index is 1.29. The molecule has 3 heterocycles. The van der Waals surface area contributed by atoms with Gasteiger partial charge in [-0.25, -0.2) is 13.4 Å². The second kappa shape index (κ2) is 10.7. The molecule has 1 aliphatic heterocycles. The van der Waals surface area contributed by atoms with Crippen LogP contribution < -0.4 is 15.8 Å². The number of sulfonamides is 1. The average molecular weight is 625 g/mol. The Hall–Kier alpha value is -3.36. The van der Waals surface area contributed by atoms with Crippen LogP contribution in [0.5, 0.6) is 5.75 Å². The molecule has 5 rings (SSSR count). The van der Waals surface area contributed by atoms with E-state index in [0.29, 0.717) is 25.0 Å². The first-order chi connectivity index (χ1) is 18.5. The summed E-state index contributed by atoms with van der Waals surface area (Å²) in [4.78, 5) is 4.69. The molecule has 39 heavy (non-hydrogen) atoms. The quantitative estimate of drug-likeness (QED) is 0.373. The fourth-order valence-corrected chi connectivity index (χ4v) is 6.17. The zero-order valence-electron chi connectivity index (χ0n) is 20.4. The fraction of sp³-hybridized carbons (Fsp3) is 0.280. The molecular formula is C25H24BrF3N6O3S. The third-order valence-electron chi connectivity index (χ3n) is 6.41. The Labute approximate surface area is 231 Å². The van der Waals surface area contributed by atoms with Gasteiger partial charge in [-0.1, -0.05) is 12.2 Å². The summed E-state index contributed by atoms with van der Waals surface area (Å²) >= 11 is 3.49. The van der Waals surface area contributed by atoms with Gasteiger partial charge in [-0.2, -0.15) is 13.9 Å². The molecule has 1 fully saturated rings. The lowest BCUT2D eigenvalue weighted by Gasteiger charge is -2.31. The number of halogens is 4. The summed E-state index contributed by atoms with van der Waals surface area (Å²) in [6.45, 7) is 0.955. The van der Waals surface area contributed by atoms with Gasteiger partial charge in [0.15, 0.2) is 5.65 Å². The number of nitrogens with one attached hydrogen (secondary N) is 1. The SMILES string of the molecule is N/C=C(\C=C1C=C1)CNc1cc(C2CCN(S(=O)(=O)c3ccc(OC(F)(F)F)cc3)CC2)nc2c(Br)cnn12. The number of ether oxygens (including phenoxy) is 1. The van der Waals surface area contributed by atoms with Gasteiger partial charge in [0.2, 0.25) is 10.0 Å². The Kier molecular flexibility index (Phi) is 7.44. The summed E-state index contributed by atoms with van der Waals surface area (Å²) in [6, 6.07) is 6.14. The largest absolute Gasteiger partial charge is 0.573 e. The molecule has 1 aliphatic carbocycles. The number of benzene rings is 1. The van der Waals surface area contributed by atoms with Crippen molar-refractivity contribution in [3.63, 3.8) is 0 Å². The molecule has 0 atom stereocenters. The highest BCUT2D eigenvalue weighted by molar-refractivity contribution is 9.10. The third-order valence-corrected chi connectivity index (χ3v) is 8.89. The molecule has 2 aromatic heterocycles. The number of alkyl halides is 3. The predicted octanol–water partition coefficient (Wildman–Crippen LogP) is 4.71. The van der Waals surface area contributed by atoms with Crippen molar-refractivity contribution in [1.82, 2.24) is 18.9 Å². The smallest absolute Gasteiger partial charge is 0.406 e. The van der Waals surface area contributed by atoms with E-state index in [-0.39, 0.29) is 23.9 Å². The topological polar surface area (TPSA) is 115 Å². The number of hydrogen-bond donors (Lipinski definition) is 2. The minimum absolute atomic E-state index is 0.00587. The second-order valence-corrected chi connectivity index (χ2v) is 11.9. The highest BCUT2D eigenvalue weighted by Crippen LogP contribution is 2.33. The van der Waals surface area contributed by atoms with Crippen molar-refractivity contribution in [3.8, 4) is 5.75 Å². The van der Waals surface area contributed by atoms with E-state index in [1.807, 2.05) is 24.3 Å². The first-order valence-corrected chi connectivity index (χ1v) is 14.2. The summed E-state index contributed by atoms with van der Waals surface area (Å²) < 4.78 is 71.1. The Bertz CT molecular complexity index is 1570. The van der Waals surface area contributed by atoms with Crippen molar-refractivity contribution in [3.05, 3.63) is 82.3 Å². The predicted molar refractivity (Wildman–Crippen MR) is 143 cm³/mol. The Morgan fingerprint density at radius 2 is 1.90 bits per heavy atom. The van der Waals surface area contributed by atoms with Crippen LogP contribution in [-0.2, 0) is 10.0 Å². The van der Waals surface area contributed by atoms with E-state index in [1.165, 1.54) is 4.31 Å². The molecule has 3 aromatic rings. The summed E-state index contributed by atoms with van der Waals surface area (Å²) in [7, 11) is -3.88. The number of piperidine rings is 1. The number of fused-ring (bicyclic) bond motifs is 1. The Morgan fingerprint density at radius 3 is 2.51 bits per heavy atom. The van der Waals surface area contributed by atoms with E-state index in [0.717, 1.165) is 51.4 Å². The minimum atomic E-state index is -4.85. The molecular weight excluding hydrogens is 601 g/mol. The molecule has 0 bridgehead atoms. The van der Waals surface area contributed by atoms with Crippen molar-refractivity contribution in [2.75, 3.05) is 25.0 Å². The molecule has 0 radical (unpaired) electrons. The van der Waals surface area contributed by atoms with Gasteiger partial charge >= 0.3 is 6.36 Å². The van der Waals surface area contributed by atoms with Crippen LogP contribution in [0.4, 0.5) is 19.0 Å². The molecule has 1 aromatic carbocycles. The highest BCUT2D eigenvalue weighted by atomic mass is 79.9. The molecule has 0 amide bonds. The minimum Gasteiger partial charge on any atom is -0.406 e. The molecule has 9 nitrogen and oxygen atoms in total. The fourth-order valence-electron chi connectivity index (χ4n) is 4.35. The molecule has 3 N–H and O–H groups in total. The molecule has 14 heteroatoms. The second-order valence-electron chi connectivity index (χ2n) is 9.06. The van der Waals surface area contributed by atoms with Crippen molar-refractivity contribution in [2.45, 2.75) is 30.0 Å². The Morgan fingerprint density at radius 1 is 1.21 bits per heavy atom. The normalized spacial score (nSPS) is 17.0. The maximum absolute atomic E-state index is 13.1. The van der Waals surface area contributed by atoms with E-state index in [1.54, 1.807) is 16.9 Å². The zero-order chi connectivity index (χ0) is 27.8. The molecule has 0 saturated carbocycles. The zero-order valence-corrected chi connectivity index (χ0v) is 22.8. The maximum Gasteiger partial charge on any atom is 0.573 e. The lowest BCUT2D eigenvalue weighted by molar-refractivity contribution is -0.274. The van der Waals surface area contributed by atoms with Gasteiger partial charge in [-0.15, -0.1) is 13.2 Å². The van der Waals surface area contributed by atoms with E-state index >= 15 is 0 Å². The van der Waals surface area contributed by atoms with Crippen LogP contribution in [0.1, 0.15) is 24.5 Å². The van der Waals surface area contributed by atoms with E-state index in [9.17, 15) is 21.6 Å². The van der Waals surface area contributed by atoms with Crippen LogP contribution in [0, 0.1) is 0 Å². The van der Waals surface area contributed by atoms with E-state index in [4.69, 9.17) is 10.7 Å². The highest BCUT2D eigenvalue weighted by Gasteiger charge is 2.33. The average Bonchev–Trinajstić information content (AvgIpc) is 3.65. The van der Waals surface area contributed by atoms with Gasteiger partial charge in [0.1, 0.15) is 11.6 Å². The maximum atomic E-state index is 13.1. The van der Waals surface area contributed by atoms with Gasteiger partial charge in [0.25, 0.3) is 0 Å². The monoisotopic (exact) mass is 624 g/mol. The number of allylic oxidation sites excluding steroid dienone is 3. The molecule has 206 valence electrons. The first-order valence-electron chi connectivity index (χ1n) is 12.0. The number of rotatable bonds is 8. The number of hydrogen-bond acceptors (Lipinski definition) is 7. The van der Waals surface area contributed by atoms with Crippen LogP contribution in [0.2, 0.25) is 0 Å². The van der Waals surface area contributed by atoms with Crippen LogP contribution in [-0.4, -0.2) is 53.3 Å². The standard InChI is InChI=1S/C25H24BrF3N6O3S/c26-21-15-32-35-23(31-14-17(13-30)11-16-1-2-16)12-22(33-24(21)35)18-7-9-34(10-8-18)39(36,37)20-5-3-19(4-6-20)38-25(27,28)29/h1-6,11-13,15,18,31H,7-10,14,30H2/b17-13+. The summed E-state index contributed by atoms with van der Waals surface area (Å²) in [5.74, 6) is 0.235. The van der Waals surface area contributed by atoms with Gasteiger partial charge in [-0.3, -0.25) is 0 Å². The van der Waals surface area contributed by atoms with Crippen LogP contribution in [0.15, 0.2) is 81.5 Å². The van der Waals surface area contributed by atoms with Gasteiger partial charge in [0.05, 0.1) is 15.6 Å². The first kappa shape index (κ1) is 27.2. The van der Waals surface area contributed by atoms with Crippen LogP contribution in [0.25, 0.3) is 5.65 Å².